The molecule has 0 atom stereocenters. The van der Waals surface area contributed by atoms with Crippen molar-refractivity contribution in [2.75, 3.05) is 67.5 Å². The molecule has 3 aliphatic rings. The van der Waals surface area contributed by atoms with E-state index in [0.29, 0.717) is 37.4 Å². The zero-order valence-electron chi connectivity index (χ0n) is 27.2. The molecule has 0 N–H and O–H groups in total. The van der Waals surface area contributed by atoms with E-state index in [0.717, 1.165) is 67.0 Å². The van der Waals surface area contributed by atoms with E-state index >= 15 is 0 Å². The Morgan fingerprint density at radius 3 is 2.37 bits per heavy atom. The Balaban J connectivity index is 1.17. The molecule has 0 bridgehead atoms. The summed E-state index contributed by atoms with van der Waals surface area (Å²) in [4.78, 5) is 37.6. The number of carbonyl (C=O) groups is 2. The van der Waals surface area contributed by atoms with Crippen LogP contribution in [0.5, 0.6) is 5.75 Å². The number of hydrogen-bond acceptors (Lipinski definition) is 7. The highest BCUT2D eigenvalue weighted by Crippen LogP contribution is 2.41. The second-order valence-electron chi connectivity index (χ2n) is 12.9. The van der Waals surface area contributed by atoms with Crippen molar-refractivity contribution in [3.8, 4) is 22.7 Å². The molecule has 4 heterocycles. The fourth-order valence-electron chi connectivity index (χ4n) is 7.41. The first-order valence-electron chi connectivity index (χ1n) is 16.2. The summed E-state index contributed by atoms with van der Waals surface area (Å²) in [6, 6.07) is 18.2. The molecular weight excluding hydrogens is 597 g/mol. The van der Waals surface area contributed by atoms with E-state index in [9.17, 15) is 9.59 Å². The van der Waals surface area contributed by atoms with Crippen LogP contribution in [0.15, 0.2) is 60.0 Å². The highest BCUT2D eigenvalue weighted by molar-refractivity contribution is 7.10. The molecular formula is C36H42N6O3S. The highest BCUT2D eigenvalue weighted by atomic mass is 32.1. The fourth-order valence-corrected chi connectivity index (χ4v) is 8.29. The molecule has 2 aromatic heterocycles. The summed E-state index contributed by atoms with van der Waals surface area (Å²) in [6.07, 6.45) is 3.34. The largest absolute Gasteiger partial charge is 0.497 e. The highest BCUT2D eigenvalue weighted by Gasteiger charge is 2.40. The molecule has 2 aliphatic heterocycles. The van der Waals surface area contributed by atoms with Crippen LogP contribution in [0.25, 0.3) is 16.9 Å². The smallest absolute Gasteiger partial charge is 0.274 e. The maximum atomic E-state index is 14.0. The molecule has 0 saturated carbocycles. The number of hydrogen-bond donors (Lipinski definition) is 0. The molecule has 9 nitrogen and oxygen atoms in total. The van der Waals surface area contributed by atoms with Crippen molar-refractivity contribution in [1.29, 1.82) is 0 Å². The van der Waals surface area contributed by atoms with Crippen molar-refractivity contribution < 1.29 is 14.3 Å². The lowest BCUT2D eigenvalue weighted by atomic mass is 9.79. The van der Waals surface area contributed by atoms with Gasteiger partial charge in [-0.2, -0.15) is 5.10 Å². The Morgan fingerprint density at radius 2 is 1.63 bits per heavy atom. The maximum absolute atomic E-state index is 14.0. The number of fused-ring (bicyclic) bond motifs is 3. The SMILES string of the molecule is COc1cccc(C2(N(C)C)CCN(C(=O)c3cccc(-n4nc(C(=O)N5CCN(C)CC5)c5c4-c4ccsc4CC5)c3)CC2)c1. The van der Waals surface area contributed by atoms with Gasteiger partial charge in [0.1, 0.15) is 5.75 Å². The number of aromatic nitrogens is 2. The number of rotatable bonds is 6. The molecule has 7 rings (SSSR count). The Labute approximate surface area is 275 Å². The van der Waals surface area contributed by atoms with Crippen molar-refractivity contribution in [3.63, 3.8) is 0 Å². The van der Waals surface area contributed by atoms with Gasteiger partial charge in [0.25, 0.3) is 11.8 Å². The van der Waals surface area contributed by atoms with E-state index in [1.165, 1.54) is 10.4 Å². The van der Waals surface area contributed by atoms with Gasteiger partial charge in [0.05, 0.1) is 18.5 Å². The monoisotopic (exact) mass is 638 g/mol. The summed E-state index contributed by atoms with van der Waals surface area (Å²) in [6.45, 7) is 4.42. The number of piperazine rings is 1. The third kappa shape index (κ3) is 5.32. The number of ether oxygens (including phenoxy) is 1. The van der Waals surface area contributed by atoms with Crippen LogP contribution < -0.4 is 4.74 Å². The first-order chi connectivity index (χ1) is 22.3. The Bertz CT molecular complexity index is 1760. The number of likely N-dealkylation sites (N-methyl/N-ethyl adjacent to an activating group) is 1. The van der Waals surface area contributed by atoms with E-state index in [2.05, 4.69) is 54.5 Å². The first-order valence-corrected chi connectivity index (χ1v) is 17.0. The topological polar surface area (TPSA) is 74.1 Å². The van der Waals surface area contributed by atoms with E-state index < -0.39 is 0 Å². The van der Waals surface area contributed by atoms with E-state index in [1.807, 2.05) is 50.9 Å². The van der Waals surface area contributed by atoms with Crippen LogP contribution in [0, 0.1) is 0 Å². The van der Waals surface area contributed by atoms with Gasteiger partial charge in [-0.3, -0.25) is 14.5 Å². The van der Waals surface area contributed by atoms with E-state index in [-0.39, 0.29) is 17.4 Å². The van der Waals surface area contributed by atoms with Gasteiger partial charge in [-0.25, -0.2) is 4.68 Å². The van der Waals surface area contributed by atoms with Crippen LogP contribution in [0.3, 0.4) is 0 Å². The van der Waals surface area contributed by atoms with Crippen molar-refractivity contribution in [3.05, 3.63) is 87.2 Å². The third-order valence-electron chi connectivity index (χ3n) is 10.3. The van der Waals surface area contributed by atoms with Crippen molar-refractivity contribution >= 4 is 23.2 Å². The van der Waals surface area contributed by atoms with Gasteiger partial charge in [-0.05, 0) is 94.2 Å². The number of likely N-dealkylation sites (tertiary alicyclic amines) is 1. The van der Waals surface area contributed by atoms with Gasteiger partial charge in [0.2, 0.25) is 0 Å². The lowest BCUT2D eigenvalue weighted by molar-refractivity contribution is 0.0410. The Kier molecular flexibility index (Phi) is 8.21. The third-order valence-corrected chi connectivity index (χ3v) is 11.2. The number of thiophene rings is 1. The molecule has 0 spiro atoms. The van der Waals surface area contributed by atoms with E-state index in [1.54, 1.807) is 18.4 Å². The molecule has 2 amide bonds. The summed E-state index contributed by atoms with van der Waals surface area (Å²) >= 11 is 1.75. The predicted molar refractivity (Wildman–Crippen MR) is 181 cm³/mol. The normalized spacial score (nSPS) is 17.9. The zero-order valence-corrected chi connectivity index (χ0v) is 28.0. The number of carbonyl (C=O) groups excluding carboxylic acids is 2. The van der Waals surface area contributed by atoms with Crippen molar-refractivity contribution in [1.82, 2.24) is 29.4 Å². The lowest BCUT2D eigenvalue weighted by Gasteiger charge is -2.46. The molecule has 2 saturated heterocycles. The standard InChI is InChI=1S/C36H42N6O3S/c1-38(2)36(26-8-6-10-28(24-26)45-4)14-16-40(17-15-36)34(43)25-7-5-9-27(23-25)42-33-29-13-22-46-31(29)12-11-30(33)32(37-42)35(44)41-20-18-39(3)19-21-41/h5-10,13,22-24H,11-12,14-21H2,1-4H3. The summed E-state index contributed by atoms with van der Waals surface area (Å²) in [7, 11) is 8.02. The van der Waals surface area contributed by atoms with Crippen molar-refractivity contribution in [2.45, 2.75) is 31.2 Å². The average molecular weight is 639 g/mol. The Morgan fingerprint density at radius 1 is 0.891 bits per heavy atom. The quantitative estimate of drug-likeness (QED) is 0.303. The minimum Gasteiger partial charge on any atom is -0.497 e. The zero-order chi connectivity index (χ0) is 32.0. The molecule has 0 radical (unpaired) electrons. The summed E-state index contributed by atoms with van der Waals surface area (Å²) in [5, 5.41) is 7.13. The van der Waals surface area contributed by atoms with Crippen LogP contribution >= 0.6 is 11.3 Å². The molecule has 2 fully saturated rings. The number of amides is 2. The molecule has 240 valence electrons. The molecule has 10 heteroatoms. The molecule has 0 unspecified atom stereocenters. The van der Waals surface area contributed by atoms with Crippen LogP contribution in [-0.2, 0) is 18.4 Å². The lowest BCUT2D eigenvalue weighted by Crippen LogP contribution is -2.51. The summed E-state index contributed by atoms with van der Waals surface area (Å²) < 4.78 is 7.43. The number of benzene rings is 2. The van der Waals surface area contributed by atoms with Crippen LogP contribution in [0.4, 0.5) is 0 Å². The van der Waals surface area contributed by atoms with Gasteiger partial charge in [0.15, 0.2) is 5.69 Å². The Hall–Kier alpha value is -3.99. The van der Waals surface area contributed by atoms with Gasteiger partial charge in [-0.1, -0.05) is 18.2 Å². The van der Waals surface area contributed by atoms with Crippen LogP contribution in [0.2, 0.25) is 0 Å². The second kappa shape index (κ2) is 12.3. The number of aryl methyl sites for hydroxylation is 1. The van der Waals surface area contributed by atoms with Gasteiger partial charge >= 0.3 is 0 Å². The number of piperidine rings is 1. The minimum absolute atomic E-state index is 0.00254. The fraction of sp³-hybridized carbons (Fsp3) is 0.417. The maximum Gasteiger partial charge on any atom is 0.274 e. The van der Waals surface area contributed by atoms with Crippen LogP contribution in [0.1, 0.15) is 49.7 Å². The van der Waals surface area contributed by atoms with Gasteiger partial charge in [0, 0.05) is 66.4 Å². The number of nitrogens with zero attached hydrogens (tertiary/aromatic N) is 6. The first kappa shape index (κ1) is 30.7. The molecule has 4 aromatic rings. The summed E-state index contributed by atoms with van der Waals surface area (Å²) in [5.74, 6) is 0.867. The summed E-state index contributed by atoms with van der Waals surface area (Å²) in [5.41, 5.74) is 6.15. The predicted octanol–water partition coefficient (Wildman–Crippen LogP) is 4.79. The van der Waals surface area contributed by atoms with Gasteiger partial charge in [-0.15, -0.1) is 11.3 Å². The molecule has 2 aromatic carbocycles. The second-order valence-corrected chi connectivity index (χ2v) is 13.9. The van der Waals surface area contributed by atoms with Gasteiger partial charge < -0.3 is 19.4 Å². The molecule has 46 heavy (non-hydrogen) atoms. The average Bonchev–Trinajstić information content (AvgIpc) is 3.73. The van der Waals surface area contributed by atoms with Crippen LogP contribution in [-0.4, -0.2) is 109 Å². The van der Waals surface area contributed by atoms with Crippen molar-refractivity contribution in [2.24, 2.45) is 0 Å². The molecule has 1 aliphatic carbocycles. The minimum atomic E-state index is -0.174. The number of methoxy groups -OCH3 is 1. The van der Waals surface area contributed by atoms with E-state index in [4.69, 9.17) is 9.84 Å².